The first-order chi connectivity index (χ1) is 16.5. The predicted molar refractivity (Wildman–Crippen MR) is 133 cm³/mol. The second kappa shape index (κ2) is 8.04. The Kier molecular flexibility index (Phi) is 4.97. The molecule has 34 heavy (non-hydrogen) atoms. The Morgan fingerprint density at radius 1 is 1.03 bits per heavy atom. The fraction of sp³-hybridized carbons (Fsp3) is 0.154. The average Bonchev–Trinajstić information content (AvgIpc) is 3.49. The number of phenols is 1. The van der Waals surface area contributed by atoms with Gasteiger partial charge in [0.05, 0.1) is 17.2 Å². The molecule has 2 aromatic heterocycles. The van der Waals surface area contributed by atoms with Crippen molar-refractivity contribution in [2.75, 3.05) is 5.32 Å². The van der Waals surface area contributed by atoms with E-state index in [1.54, 1.807) is 23.5 Å². The average molecular weight is 490 g/mol. The molecule has 3 N–H and O–H groups in total. The Morgan fingerprint density at radius 2 is 1.85 bits per heavy atom. The van der Waals surface area contributed by atoms with Gasteiger partial charge in [-0.3, -0.25) is 14.7 Å². The number of thiophene rings is 1. The Labute approximate surface area is 204 Å². The summed E-state index contributed by atoms with van der Waals surface area (Å²) < 4.78 is 1.46. The van der Waals surface area contributed by atoms with Gasteiger partial charge in [0.1, 0.15) is 11.6 Å². The summed E-state index contributed by atoms with van der Waals surface area (Å²) in [6.45, 7) is 0. The summed E-state index contributed by atoms with van der Waals surface area (Å²) in [5, 5.41) is 19.8. The predicted octanol–water partition coefficient (Wildman–Crippen LogP) is 5.54. The molecule has 0 saturated carbocycles. The van der Waals surface area contributed by atoms with E-state index in [9.17, 15) is 14.7 Å². The van der Waals surface area contributed by atoms with Crippen LogP contribution in [0.1, 0.15) is 40.7 Å². The number of para-hydroxylation sites is 1. The Bertz CT molecular complexity index is 1500. The standard InChI is InChI=1S/C26H20ClN3O3S/c27-15-8-9-19(31)17(13-15)22-23-18(11-14(12-20(23)32)21-7-4-10-34-21)28-25-24(22)26(33)30(29-25)16-5-2-1-3-6-16/h1-10,13-14,22,28-29,31H,11-12H2/t14-,22-/m1/s1. The van der Waals surface area contributed by atoms with E-state index in [-0.39, 0.29) is 23.0 Å². The van der Waals surface area contributed by atoms with E-state index in [4.69, 9.17) is 11.6 Å². The van der Waals surface area contributed by atoms with Crippen molar-refractivity contribution in [1.29, 1.82) is 0 Å². The largest absolute Gasteiger partial charge is 0.508 e. The number of allylic oxidation sites excluding steroid dienone is 2. The number of H-pyrrole nitrogens is 1. The number of Topliss-reactive ketones (excluding diaryl/α,β-unsaturated/α-hetero) is 1. The number of aromatic nitrogens is 2. The highest BCUT2D eigenvalue weighted by Gasteiger charge is 2.42. The highest BCUT2D eigenvalue weighted by Crippen LogP contribution is 2.49. The first-order valence-electron chi connectivity index (χ1n) is 11.0. The summed E-state index contributed by atoms with van der Waals surface area (Å²) in [6, 6.07) is 18.0. The maximum absolute atomic E-state index is 13.7. The second-order valence-electron chi connectivity index (χ2n) is 8.57. The van der Waals surface area contributed by atoms with E-state index in [1.165, 1.54) is 10.7 Å². The fourth-order valence-electron chi connectivity index (χ4n) is 5.04. The van der Waals surface area contributed by atoms with Crippen molar-refractivity contribution in [2.24, 2.45) is 0 Å². The monoisotopic (exact) mass is 489 g/mol. The molecule has 1 aliphatic carbocycles. The number of hydrogen-bond donors (Lipinski definition) is 3. The first-order valence-corrected chi connectivity index (χ1v) is 12.2. The number of anilines is 1. The topological polar surface area (TPSA) is 87.1 Å². The van der Waals surface area contributed by atoms with Gasteiger partial charge in [-0.2, -0.15) is 0 Å². The lowest BCUT2D eigenvalue weighted by Crippen LogP contribution is -2.31. The van der Waals surface area contributed by atoms with Crippen molar-refractivity contribution in [3.63, 3.8) is 0 Å². The molecule has 6 nitrogen and oxygen atoms in total. The van der Waals surface area contributed by atoms with Crippen molar-refractivity contribution in [2.45, 2.75) is 24.7 Å². The van der Waals surface area contributed by atoms with Crippen molar-refractivity contribution < 1.29 is 9.90 Å². The van der Waals surface area contributed by atoms with E-state index < -0.39 is 5.92 Å². The molecule has 0 bridgehead atoms. The molecule has 170 valence electrons. The zero-order chi connectivity index (χ0) is 23.4. The quantitative estimate of drug-likeness (QED) is 0.352. The third-order valence-electron chi connectivity index (χ3n) is 6.55. The number of nitrogens with zero attached hydrogens (tertiary/aromatic N) is 1. The SMILES string of the molecule is O=C1C[C@H](c2cccs2)CC2=C1[C@@H](c1cc(Cl)ccc1O)c1c([nH]n(-c3ccccc3)c1=O)N2. The summed E-state index contributed by atoms with van der Waals surface area (Å²) >= 11 is 7.93. The van der Waals surface area contributed by atoms with Crippen molar-refractivity contribution in [3.05, 3.63) is 109 Å². The molecule has 0 amide bonds. The van der Waals surface area contributed by atoms with Gasteiger partial charge in [0, 0.05) is 39.1 Å². The van der Waals surface area contributed by atoms with E-state index in [1.807, 2.05) is 41.8 Å². The maximum Gasteiger partial charge on any atom is 0.277 e. The summed E-state index contributed by atoms with van der Waals surface area (Å²) in [6.07, 6.45) is 0.989. The Hall–Kier alpha value is -3.55. The lowest BCUT2D eigenvalue weighted by atomic mass is 9.73. The minimum atomic E-state index is -0.726. The van der Waals surface area contributed by atoms with Gasteiger partial charge in [-0.05, 0) is 48.2 Å². The number of carbonyl (C=O) groups excluding carboxylic acids is 1. The molecule has 4 aromatic rings. The van der Waals surface area contributed by atoms with Crippen LogP contribution >= 0.6 is 22.9 Å². The number of phenolic OH excluding ortho intramolecular Hbond substituents is 1. The van der Waals surface area contributed by atoms with Gasteiger partial charge in [0.15, 0.2) is 5.78 Å². The molecular weight excluding hydrogens is 470 g/mol. The van der Waals surface area contributed by atoms with E-state index in [0.29, 0.717) is 46.1 Å². The molecule has 8 heteroatoms. The third kappa shape index (κ3) is 3.31. The fourth-order valence-corrected chi connectivity index (χ4v) is 6.05. The van der Waals surface area contributed by atoms with Crippen LogP contribution < -0.4 is 10.9 Å². The maximum atomic E-state index is 13.7. The van der Waals surface area contributed by atoms with E-state index >= 15 is 0 Å². The number of hydrogen-bond acceptors (Lipinski definition) is 5. The van der Waals surface area contributed by atoms with Crippen LogP contribution in [0.15, 0.2) is 82.1 Å². The lowest BCUT2D eigenvalue weighted by Gasteiger charge is -2.34. The van der Waals surface area contributed by atoms with Gasteiger partial charge in [0.2, 0.25) is 0 Å². The number of rotatable bonds is 3. The van der Waals surface area contributed by atoms with Crippen LogP contribution in [0.5, 0.6) is 5.75 Å². The number of ketones is 1. The van der Waals surface area contributed by atoms with E-state index in [0.717, 1.165) is 10.6 Å². The molecule has 6 rings (SSSR count). The molecule has 2 atom stereocenters. The lowest BCUT2D eigenvalue weighted by molar-refractivity contribution is -0.116. The number of aromatic hydroxyl groups is 1. The Balaban J connectivity index is 1.56. The normalized spacial score (nSPS) is 19.5. The van der Waals surface area contributed by atoms with Crippen LogP contribution in [0.3, 0.4) is 0 Å². The molecule has 0 radical (unpaired) electrons. The first kappa shape index (κ1) is 21.0. The number of fused-ring (bicyclic) bond motifs is 1. The molecule has 2 aliphatic rings. The minimum Gasteiger partial charge on any atom is -0.508 e. The van der Waals surface area contributed by atoms with Crippen molar-refractivity contribution in [1.82, 2.24) is 9.78 Å². The van der Waals surface area contributed by atoms with Gasteiger partial charge < -0.3 is 10.4 Å². The molecular formula is C26H20ClN3O3S. The summed E-state index contributed by atoms with van der Waals surface area (Å²) in [5.41, 5.74) is 2.53. The minimum absolute atomic E-state index is 0.00542. The molecule has 0 spiro atoms. The zero-order valence-electron chi connectivity index (χ0n) is 17.9. The van der Waals surface area contributed by atoms with Crippen LogP contribution in [-0.4, -0.2) is 20.7 Å². The smallest absolute Gasteiger partial charge is 0.277 e. The van der Waals surface area contributed by atoms with Crippen molar-refractivity contribution >= 4 is 34.5 Å². The number of aromatic amines is 1. The van der Waals surface area contributed by atoms with Gasteiger partial charge in [-0.25, -0.2) is 4.68 Å². The van der Waals surface area contributed by atoms with Crippen molar-refractivity contribution in [3.8, 4) is 11.4 Å². The summed E-state index contributed by atoms with van der Waals surface area (Å²) in [4.78, 5) is 28.4. The van der Waals surface area contributed by atoms with Gasteiger partial charge in [0.25, 0.3) is 5.56 Å². The molecule has 2 aromatic carbocycles. The third-order valence-corrected chi connectivity index (χ3v) is 7.82. The number of benzene rings is 2. The van der Waals surface area contributed by atoms with Crippen LogP contribution in [0.2, 0.25) is 5.02 Å². The number of nitrogens with one attached hydrogen (secondary N) is 2. The molecule has 0 saturated heterocycles. The molecule has 0 fully saturated rings. The van der Waals surface area contributed by atoms with Crippen LogP contribution in [0, 0.1) is 0 Å². The second-order valence-corrected chi connectivity index (χ2v) is 9.99. The number of halogens is 1. The highest BCUT2D eigenvalue weighted by molar-refractivity contribution is 7.10. The summed E-state index contributed by atoms with van der Waals surface area (Å²) in [7, 11) is 0. The van der Waals surface area contributed by atoms with Crippen LogP contribution in [0.4, 0.5) is 5.82 Å². The summed E-state index contributed by atoms with van der Waals surface area (Å²) in [5.74, 6) is -0.174. The van der Waals surface area contributed by atoms with Crippen LogP contribution in [-0.2, 0) is 4.79 Å². The molecule has 3 heterocycles. The zero-order valence-corrected chi connectivity index (χ0v) is 19.5. The van der Waals surface area contributed by atoms with Gasteiger partial charge in [-0.15, -0.1) is 11.3 Å². The Morgan fingerprint density at radius 3 is 2.62 bits per heavy atom. The molecule has 0 unspecified atom stereocenters. The highest BCUT2D eigenvalue weighted by atomic mass is 35.5. The van der Waals surface area contributed by atoms with Gasteiger partial charge in [-0.1, -0.05) is 35.9 Å². The van der Waals surface area contributed by atoms with E-state index in [2.05, 4.69) is 16.5 Å². The van der Waals surface area contributed by atoms with Crippen LogP contribution in [0.25, 0.3) is 5.69 Å². The van der Waals surface area contributed by atoms with Gasteiger partial charge >= 0.3 is 0 Å². The molecule has 1 aliphatic heterocycles. The number of carbonyl (C=O) groups is 1.